The summed E-state index contributed by atoms with van der Waals surface area (Å²) in [5.74, 6) is -3.16. The molecule has 2 aromatic rings. The van der Waals surface area contributed by atoms with Gasteiger partial charge in [0.1, 0.15) is 19.0 Å². The van der Waals surface area contributed by atoms with Crippen LogP contribution in [0.2, 0.25) is 0 Å². The molecule has 6 atom stereocenters. The molecule has 2 aliphatic rings. The van der Waals surface area contributed by atoms with Gasteiger partial charge in [0.05, 0.1) is 22.0 Å². The highest BCUT2D eigenvalue weighted by Gasteiger charge is 2.61. The number of hydrogen-bond donors (Lipinski definition) is 0. The van der Waals surface area contributed by atoms with Gasteiger partial charge in [0.25, 0.3) is 11.8 Å². The molecule has 0 N–H and O–H groups in total. The molecule has 18 heteroatoms. The summed E-state index contributed by atoms with van der Waals surface area (Å²) in [4.78, 5) is 65.2. The number of carbonyl (C=O) groups excluding carboxylic acids is 5. The lowest BCUT2D eigenvalue weighted by atomic mass is 9.96. The van der Waals surface area contributed by atoms with Gasteiger partial charge >= 0.3 is 23.4 Å². The van der Waals surface area contributed by atoms with Crippen LogP contribution in [0.1, 0.15) is 41.5 Å². The van der Waals surface area contributed by atoms with E-state index in [-0.39, 0.29) is 17.7 Å². The highest BCUT2D eigenvalue weighted by molar-refractivity contribution is 7.96. The molecule has 46 heavy (non-hydrogen) atoms. The number of fused-ring (bicyclic) bond motifs is 1. The van der Waals surface area contributed by atoms with Gasteiger partial charge in [-0.25, -0.2) is 8.42 Å². The lowest BCUT2D eigenvalue weighted by Gasteiger charge is -2.45. The number of esters is 3. The van der Waals surface area contributed by atoms with E-state index in [2.05, 4.69) is 0 Å². The summed E-state index contributed by atoms with van der Waals surface area (Å²) < 4.78 is 81.8. The Morgan fingerprint density at radius 3 is 1.76 bits per heavy atom. The van der Waals surface area contributed by atoms with Crippen LogP contribution >= 0.6 is 0 Å². The third-order valence-corrected chi connectivity index (χ3v) is 9.21. The van der Waals surface area contributed by atoms with Gasteiger partial charge < -0.3 is 23.5 Å². The van der Waals surface area contributed by atoms with Crippen LogP contribution in [0.15, 0.2) is 59.5 Å². The van der Waals surface area contributed by atoms with Gasteiger partial charge in [0.15, 0.2) is 33.3 Å². The quantitative estimate of drug-likeness (QED) is 0.103. The minimum absolute atomic E-state index is 0.208. The number of rotatable bonds is 7. The van der Waals surface area contributed by atoms with Gasteiger partial charge in [-0.1, -0.05) is 30.3 Å². The van der Waals surface area contributed by atoms with Crippen LogP contribution in [0.4, 0.5) is 13.2 Å². The van der Waals surface area contributed by atoms with Gasteiger partial charge in [0.2, 0.25) is 5.44 Å². The van der Waals surface area contributed by atoms with Crippen molar-refractivity contribution in [2.75, 3.05) is 12.9 Å². The molecule has 1 unspecified atom stereocenters. The Morgan fingerprint density at radius 2 is 1.33 bits per heavy atom. The van der Waals surface area contributed by atoms with Crippen molar-refractivity contribution in [3.63, 3.8) is 0 Å². The summed E-state index contributed by atoms with van der Waals surface area (Å²) in [6.07, 6.45) is -1.72. The molecular formula is C28H28F3NO12S2. The van der Waals surface area contributed by atoms with Crippen molar-refractivity contribution in [2.24, 2.45) is 0 Å². The normalized spacial score (nSPS) is 23.4. The Morgan fingerprint density at radius 1 is 0.870 bits per heavy atom. The highest BCUT2D eigenvalue weighted by atomic mass is 32.2. The first-order valence-electron chi connectivity index (χ1n) is 13.2. The molecule has 250 valence electrons. The largest absolute Gasteiger partial charge is 0.741 e. The number of ether oxygens (including phenoxy) is 4. The summed E-state index contributed by atoms with van der Waals surface area (Å²) >= 11 is 0. The molecule has 2 aliphatic heterocycles. The van der Waals surface area contributed by atoms with E-state index < -0.39 is 86.0 Å². The van der Waals surface area contributed by atoms with E-state index in [4.69, 9.17) is 31.9 Å². The zero-order valence-electron chi connectivity index (χ0n) is 24.6. The van der Waals surface area contributed by atoms with Crippen molar-refractivity contribution in [1.82, 2.24) is 4.90 Å². The predicted octanol–water partition coefficient (Wildman–Crippen LogP) is 2.16. The van der Waals surface area contributed by atoms with E-state index in [0.29, 0.717) is 0 Å². The fraction of sp³-hybridized carbons (Fsp3) is 0.393. The maximum Gasteiger partial charge on any atom is 0.485 e. The topological polar surface area (TPSA) is 183 Å². The summed E-state index contributed by atoms with van der Waals surface area (Å²) in [6, 6.07) is 14.5. The van der Waals surface area contributed by atoms with E-state index in [9.17, 15) is 37.1 Å². The minimum atomic E-state index is -6.09. The van der Waals surface area contributed by atoms with Gasteiger partial charge in [-0.3, -0.25) is 28.9 Å². The van der Waals surface area contributed by atoms with Crippen LogP contribution in [0.25, 0.3) is 0 Å². The number of hydrogen-bond acceptors (Lipinski definition) is 12. The average Bonchev–Trinajstić information content (AvgIpc) is 3.21. The molecule has 1 fully saturated rings. The smallest absolute Gasteiger partial charge is 0.485 e. The van der Waals surface area contributed by atoms with E-state index in [1.54, 1.807) is 24.3 Å². The van der Waals surface area contributed by atoms with Gasteiger partial charge in [-0.05, 0) is 24.3 Å². The fourth-order valence-electron chi connectivity index (χ4n) is 4.70. The van der Waals surface area contributed by atoms with Crippen molar-refractivity contribution in [2.45, 2.75) is 61.0 Å². The fourth-order valence-corrected chi connectivity index (χ4v) is 6.56. The molecule has 4 rings (SSSR count). The number of benzene rings is 2. The average molecular weight is 692 g/mol. The molecule has 0 saturated carbocycles. The molecular weight excluding hydrogens is 663 g/mol. The zero-order valence-corrected chi connectivity index (χ0v) is 26.2. The van der Waals surface area contributed by atoms with Crippen LogP contribution in [-0.2, 0) is 54.3 Å². The van der Waals surface area contributed by atoms with Gasteiger partial charge in [-0.2, -0.15) is 13.2 Å². The Labute approximate surface area is 264 Å². The Hall–Kier alpha value is -4.00. The monoisotopic (exact) mass is 691 g/mol. The minimum Gasteiger partial charge on any atom is -0.741 e. The number of carbonyl (C=O) groups is 5. The SMILES string of the molecule is CC(=O)OC[C@H]1O[C@@H]([S+](C)c2ccccc2)[C@H](N2C(=O)c3ccccc3C2=O)[C@@H](OC(C)=O)[C@@H]1OC(C)=O.O=S(=O)([O-])C(F)(F)F. The van der Waals surface area contributed by atoms with E-state index in [0.717, 1.165) is 9.80 Å². The summed E-state index contributed by atoms with van der Waals surface area (Å²) in [7, 11) is -6.87. The second kappa shape index (κ2) is 14.6. The molecule has 0 aliphatic carbocycles. The van der Waals surface area contributed by atoms with Crippen molar-refractivity contribution in [1.29, 1.82) is 0 Å². The van der Waals surface area contributed by atoms with Crippen LogP contribution in [0.5, 0.6) is 0 Å². The first-order valence-corrected chi connectivity index (χ1v) is 16.3. The second-order valence-corrected chi connectivity index (χ2v) is 13.2. The number of nitrogens with zero attached hydrogens (tertiary/aromatic N) is 1. The number of amides is 2. The first kappa shape index (κ1) is 36.5. The summed E-state index contributed by atoms with van der Waals surface area (Å²) in [6.45, 7) is 3.27. The number of halogens is 3. The van der Waals surface area contributed by atoms with Crippen LogP contribution in [-0.4, -0.2) is 95.8 Å². The summed E-state index contributed by atoms with van der Waals surface area (Å²) in [5, 5.41) is 0. The van der Waals surface area contributed by atoms with Crippen LogP contribution in [0, 0.1) is 0 Å². The molecule has 0 spiro atoms. The van der Waals surface area contributed by atoms with Crippen molar-refractivity contribution < 1.29 is 69.1 Å². The maximum atomic E-state index is 13.6. The third-order valence-electron chi connectivity index (χ3n) is 6.54. The maximum absolute atomic E-state index is 13.6. The molecule has 2 aromatic carbocycles. The molecule has 1 saturated heterocycles. The molecule has 13 nitrogen and oxygen atoms in total. The van der Waals surface area contributed by atoms with Crippen molar-refractivity contribution in [3.8, 4) is 0 Å². The van der Waals surface area contributed by atoms with E-state index >= 15 is 0 Å². The Kier molecular flexibility index (Phi) is 11.6. The molecule has 0 bridgehead atoms. The first-order chi connectivity index (χ1) is 21.3. The predicted molar refractivity (Wildman–Crippen MR) is 151 cm³/mol. The van der Waals surface area contributed by atoms with Crippen LogP contribution in [0.3, 0.4) is 0 Å². The van der Waals surface area contributed by atoms with Crippen molar-refractivity contribution in [3.05, 3.63) is 65.7 Å². The summed E-state index contributed by atoms with van der Waals surface area (Å²) in [5.41, 5.74) is -6.12. The van der Waals surface area contributed by atoms with Crippen molar-refractivity contribution >= 4 is 50.7 Å². The van der Waals surface area contributed by atoms with E-state index in [1.165, 1.54) is 20.8 Å². The van der Waals surface area contributed by atoms with Crippen LogP contribution < -0.4 is 0 Å². The lowest BCUT2D eigenvalue weighted by molar-refractivity contribution is -0.217. The van der Waals surface area contributed by atoms with Gasteiger partial charge in [0, 0.05) is 20.8 Å². The number of alkyl halides is 3. The van der Waals surface area contributed by atoms with Gasteiger partial charge in [-0.15, -0.1) is 0 Å². The Balaban J connectivity index is 0.000000637. The molecule has 0 radical (unpaired) electrons. The molecule has 0 aromatic heterocycles. The second-order valence-electron chi connectivity index (χ2n) is 9.78. The number of imide groups is 1. The third kappa shape index (κ3) is 8.42. The molecule has 2 amide bonds. The Bertz CT molecular complexity index is 1550. The zero-order chi connectivity index (χ0) is 34.6. The standard InChI is InChI=1S/C27H28NO9S.CHF3O3S/c1-15(29)34-14-21-23(35-16(2)30)24(36-17(3)31)22(27(37-21)38(4)18-10-6-5-7-11-18)28-25(32)19-12-8-9-13-20(19)26(28)33;2-1(3,4)8(5,6)7/h5-13,21-24,27H,14H2,1-4H3;(H,5,6,7)/q+1;/p-1/t21-,22-,23-,24-,27+,38?;/m1./s1. The van der Waals surface area contributed by atoms with E-state index in [1.807, 2.05) is 36.6 Å². The highest BCUT2D eigenvalue weighted by Crippen LogP contribution is 2.38. The lowest BCUT2D eigenvalue weighted by Crippen LogP contribution is -2.68. The molecule has 2 heterocycles.